The fraction of sp³-hybridized carbons (Fsp3) is 0.933. The largest absolute Gasteiger partial charge is 0.465 e. The van der Waals surface area contributed by atoms with Crippen molar-refractivity contribution < 1.29 is 24.9 Å². The van der Waals surface area contributed by atoms with Gasteiger partial charge in [0.15, 0.2) is 0 Å². The van der Waals surface area contributed by atoms with Gasteiger partial charge in [0.25, 0.3) is 0 Å². The molecule has 0 saturated carbocycles. The third kappa shape index (κ3) is 3.52. The topological polar surface area (TPSA) is 153 Å². The molecule has 3 heterocycles. The average molecular weight is 329 g/mol. The van der Waals surface area contributed by atoms with Crippen LogP contribution in [-0.4, -0.2) is 85.5 Å². The van der Waals surface area contributed by atoms with Gasteiger partial charge in [-0.1, -0.05) is 0 Å². The maximum Gasteiger partial charge on any atom is 0.305 e. The maximum absolute atomic E-state index is 12.1. The minimum Gasteiger partial charge on any atom is -0.465 e. The van der Waals surface area contributed by atoms with Gasteiger partial charge in [-0.05, 0) is 6.42 Å². The highest BCUT2D eigenvalue weighted by molar-refractivity contribution is 5.69. The first-order valence-corrected chi connectivity index (χ1v) is 8.28. The molecule has 23 heavy (non-hydrogen) atoms. The third-order valence-electron chi connectivity index (χ3n) is 5.48. The number of carbonyl (C=O) groups is 1. The summed E-state index contributed by atoms with van der Waals surface area (Å²) in [5.74, 6) is -0.351. The Bertz CT molecular complexity index is 391. The van der Waals surface area contributed by atoms with Crippen LogP contribution in [-0.2, 0) is 9.53 Å². The van der Waals surface area contributed by atoms with E-state index in [4.69, 9.17) is 4.74 Å². The molecule has 0 aromatic carbocycles. The molecule has 6 N–H and O–H groups in total. The van der Waals surface area contributed by atoms with E-state index in [2.05, 4.69) is 16.0 Å². The normalized spacial score (nSPS) is 31.3. The molecule has 3 aliphatic heterocycles. The number of nitrogens with one attached hydrogen (secondary N) is 3. The standard InChI is InChI=1S/C15H27N3O5/c19-6-14(7-20,8-21)9-23-13(22)1-2-15(10-3-16-10,11-4-17-11)12-5-18-12/h10-12,16-21H,1-9H2. The molecule has 0 bridgehead atoms. The Hall–Kier alpha value is -0.770. The monoisotopic (exact) mass is 329 g/mol. The fourth-order valence-electron chi connectivity index (χ4n) is 3.48. The van der Waals surface area contributed by atoms with Gasteiger partial charge in [0.1, 0.15) is 6.61 Å². The minimum absolute atomic E-state index is 0.0566. The molecule has 0 aliphatic carbocycles. The van der Waals surface area contributed by atoms with Gasteiger partial charge in [-0.3, -0.25) is 4.79 Å². The first kappa shape index (κ1) is 17.1. The Kier molecular flexibility index (Phi) is 4.91. The number of hydrogen-bond donors (Lipinski definition) is 6. The molecule has 3 atom stereocenters. The van der Waals surface area contributed by atoms with Gasteiger partial charge in [-0.15, -0.1) is 0 Å². The number of rotatable bonds is 11. The molecule has 3 aliphatic rings. The number of ether oxygens (including phenoxy) is 1. The lowest BCUT2D eigenvalue weighted by atomic mass is 9.73. The Balaban J connectivity index is 1.51. The highest BCUT2D eigenvalue weighted by Gasteiger charge is 2.61. The van der Waals surface area contributed by atoms with Gasteiger partial charge in [-0.25, -0.2) is 0 Å². The van der Waals surface area contributed by atoms with Crippen molar-refractivity contribution in [3.8, 4) is 0 Å². The average Bonchev–Trinajstić information content (AvgIpc) is 3.44. The summed E-state index contributed by atoms with van der Waals surface area (Å²) >= 11 is 0. The van der Waals surface area contributed by atoms with Gasteiger partial charge in [0, 0.05) is 49.6 Å². The second kappa shape index (κ2) is 6.62. The lowest BCUT2D eigenvalue weighted by Crippen LogP contribution is -2.44. The molecule has 8 nitrogen and oxygen atoms in total. The van der Waals surface area contributed by atoms with Crippen LogP contribution in [0.1, 0.15) is 12.8 Å². The van der Waals surface area contributed by atoms with Crippen molar-refractivity contribution in [1.29, 1.82) is 0 Å². The highest BCUT2D eigenvalue weighted by Crippen LogP contribution is 2.46. The van der Waals surface area contributed by atoms with Crippen LogP contribution in [0.4, 0.5) is 0 Å². The van der Waals surface area contributed by atoms with Crippen LogP contribution in [0.3, 0.4) is 0 Å². The first-order chi connectivity index (χ1) is 11.1. The van der Waals surface area contributed by atoms with Gasteiger partial charge >= 0.3 is 5.97 Å². The van der Waals surface area contributed by atoms with E-state index in [0.29, 0.717) is 24.5 Å². The summed E-state index contributed by atoms with van der Waals surface area (Å²) in [6.07, 6.45) is 1.04. The number of carbonyl (C=O) groups excluding carboxylic acids is 1. The van der Waals surface area contributed by atoms with E-state index in [9.17, 15) is 20.1 Å². The van der Waals surface area contributed by atoms with Crippen LogP contribution < -0.4 is 16.0 Å². The molecule has 0 radical (unpaired) electrons. The minimum atomic E-state index is -1.17. The lowest BCUT2D eigenvalue weighted by Gasteiger charge is -2.32. The quantitative estimate of drug-likeness (QED) is 0.175. The van der Waals surface area contributed by atoms with Crippen LogP contribution in [0, 0.1) is 10.8 Å². The Morgan fingerprint density at radius 3 is 1.74 bits per heavy atom. The van der Waals surface area contributed by atoms with E-state index in [0.717, 1.165) is 26.1 Å². The maximum atomic E-state index is 12.1. The number of hydrogen-bond acceptors (Lipinski definition) is 8. The number of aliphatic hydroxyl groups is 3. The summed E-state index contributed by atoms with van der Waals surface area (Å²) in [6.45, 7) is 1.52. The number of aliphatic hydroxyl groups excluding tert-OH is 3. The van der Waals surface area contributed by atoms with Crippen LogP contribution in [0.25, 0.3) is 0 Å². The number of esters is 1. The zero-order valence-corrected chi connectivity index (χ0v) is 13.3. The second-order valence-corrected chi connectivity index (χ2v) is 7.13. The van der Waals surface area contributed by atoms with Crippen LogP contribution >= 0.6 is 0 Å². The summed E-state index contributed by atoms with van der Waals surface area (Å²) in [7, 11) is 0. The van der Waals surface area contributed by atoms with Crippen molar-refractivity contribution in [2.45, 2.75) is 31.0 Å². The van der Waals surface area contributed by atoms with E-state index in [1.165, 1.54) is 0 Å². The molecule has 0 aromatic rings. The summed E-state index contributed by atoms with van der Waals surface area (Å²) in [4.78, 5) is 12.1. The molecule has 3 fully saturated rings. The lowest BCUT2D eigenvalue weighted by molar-refractivity contribution is -0.152. The molecular formula is C15H27N3O5. The van der Waals surface area contributed by atoms with Crippen molar-refractivity contribution in [2.75, 3.05) is 46.1 Å². The van der Waals surface area contributed by atoms with Crippen LogP contribution in [0.15, 0.2) is 0 Å². The zero-order chi connectivity index (χ0) is 16.5. The van der Waals surface area contributed by atoms with Crippen molar-refractivity contribution in [2.24, 2.45) is 10.8 Å². The summed E-state index contributed by atoms with van der Waals surface area (Å²) < 4.78 is 5.20. The summed E-state index contributed by atoms with van der Waals surface area (Å²) in [5.41, 5.74) is -1.11. The fourth-order valence-corrected chi connectivity index (χ4v) is 3.48. The molecular weight excluding hydrogens is 302 g/mol. The van der Waals surface area contributed by atoms with Gasteiger partial charge in [-0.2, -0.15) is 0 Å². The summed E-state index contributed by atoms with van der Waals surface area (Å²) in [5, 5.41) is 37.9. The van der Waals surface area contributed by atoms with Crippen molar-refractivity contribution in [3.63, 3.8) is 0 Å². The highest BCUT2D eigenvalue weighted by atomic mass is 16.5. The van der Waals surface area contributed by atoms with Gasteiger partial charge in [0.2, 0.25) is 0 Å². The smallest absolute Gasteiger partial charge is 0.305 e. The van der Waals surface area contributed by atoms with Crippen molar-refractivity contribution in [1.82, 2.24) is 16.0 Å². The molecule has 0 spiro atoms. The van der Waals surface area contributed by atoms with Crippen LogP contribution in [0.2, 0.25) is 0 Å². The van der Waals surface area contributed by atoms with E-state index in [1.807, 2.05) is 0 Å². The zero-order valence-electron chi connectivity index (χ0n) is 13.3. The Labute approximate surface area is 135 Å². The Morgan fingerprint density at radius 1 is 0.957 bits per heavy atom. The molecule has 3 saturated heterocycles. The van der Waals surface area contributed by atoms with Crippen molar-refractivity contribution >= 4 is 5.97 Å². The van der Waals surface area contributed by atoms with Crippen molar-refractivity contribution in [3.05, 3.63) is 0 Å². The van der Waals surface area contributed by atoms with Gasteiger partial charge in [0.05, 0.1) is 25.2 Å². The van der Waals surface area contributed by atoms with E-state index < -0.39 is 25.2 Å². The summed E-state index contributed by atoms with van der Waals surface area (Å²) in [6, 6.07) is 1.34. The van der Waals surface area contributed by atoms with E-state index in [1.54, 1.807) is 0 Å². The molecule has 8 heteroatoms. The van der Waals surface area contributed by atoms with Crippen LogP contribution in [0.5, 0.6) is 0 Å². The SMILES string of the molecule is O=C(CCC(C1CN1)(C1CN1)C1CN1)OCC(CO)(CO)CO. The first-order valence-electron chi connectivity index (χ1n) is 8.28. The molecule has 0 amide bonds. The molecule has 3 rings (SSSR count). The van der Waals surface area contributed by atoms with E-state index in [-0.39, 0.29) is 18.0 Å². The second-order valence-electron chi connectivity index (χ2n) is 7.13. The molecule has 132 valence electrons. The van der Waals surface area contributed by atoms with Gasteiger partial charge < -0.3 is 36.0 Å². The Morgan fingerprint density at radius 2 is 1.39 bits per heavy atom. The molecule has 0 aromatic heterocycles. The third-order valence-corrected chi connectivity index (χ3v) is 5.48. The predicted octanol–water partition coefficient (Wildman–Crippen LogP) is -2.83. The predicted molar refractivity (Wildman–Crippen MR) is 81.7 cm³/mol. The van der Waals surface area contributed by atoms with E-state index >= 15 is 0 Å². The molecule has 3 unspecified atom stereocenters.